The van der Waals surface area contributed by atoms with Crippen LogP contribution in [0.5, 0.6) is 0 Å². The summed E-state index contributed by atoms with van der Waals surface area (Å²) >= 11 is 0. The van der Waals surface area contributed by atoms with Gasteiger partial charge >= 0.3 is 6.03 Å². The summed E-state index contributed by atoms with van der Waals surface area (Å²) in [4.78, 5) is 48.4. The lowest BCUT2D eigenvalue weighted by molar-refractivity contribution is -0.136. The number of carbonyl (C=O) groups excluding carboxylic acids is 3. The number of aromatic nitrogens is 3. The number of hydrogen-bond acceptors (Lipinski definition) is 6. The lowest BCUT2D eigenvalue weighted by atomic mass is 10.1. The van der Waals surface area contributed by atoms with Gasteiger partial charge in [-0.05, 0) is 36.2 Å². The Labute approximate surface area is 170 Å². The van der Waals surface area contributed by atoms with E-state index in [-0.39, 0.29) is 36.7 Å². The van der Waals surface area contributed by atoms with Crippen LogP contribution in [0.25, 0.3) is 10.9 Å². The van der Waals surface area contributed by atoms with E-state index < -0.39 is 17.5 Å². The van der Waals surface area contributed by atoms with E-state index in [4.69, 9.17) is 0 Å². The molecule has 3 aromatic rings. The Kier molecular flexibility index (Phi) is 5.21. The van der Waals surface area contributed by atoms with Crippen LogP contribution in [0.3, 0.4) is 0 Å². The first-order valence-corrected chi connectivity index (χ1v) is 9.33. The number of anilines is 1. The number of nitrogens with zero attached hydrogens (tertiary/aromatic N) is 3. The van der Waals surface area contributed by atoms with Crippen LogP contribution < -0.4 is 21.5 Å². The minimum Gasteiger partial charge on any atom is -0.334 e. The number of urea groups is 1. The molecule has 4 amide bonds. The third-order valence-electron chi connectivity index (χ3n) is 4.74. The molecule has 1 fully saturated rings. The van der Waals surface area contributed by atoms with Gasteiger partial charge in [-0.25, -0.2) is 4.79 Å². The average molecular weight is 406 g/mol. The molecule has 10 nitrogen and oxygen atoms in total. The molecule has 0 saturated carbocycles. The second-order valence-corrected chi connectivity index (χ2v) is 6.83. The van der Waals surface area contributed by atoms with Crippen molar-refractivity contribution in [2.75, 3.05) is 5.32 Å². The van der Waals surface area contributed by atoms with E-state index in [9.17, 15) is 19.2 Å². The normalized spacial score (nSPS) is 16.2. The molecule has 30 heavy (non-hydrogen) atoms. The molecule has 0 spiro atoms. The first-order chi connectivity index (χ1) is 14.5. The van der Waals surface area contributed by atoms with E-state index in [2.05, 4.69) is 26.3 Å². The summed E-state index contributed by atoms with van der Waals surface area (Å²) in [5.74, 6) is -0.947. The molecule has 1 unspecified atom stereocenters. The van der Waals surface area contributed by atoms with Gasteiger partial charge in [0.1, 0.15) is 11.6 Å². The van der Waals surface area contributed by atoms with E-state index in [0.717, 1.165) is 4.68 Å². The van der Waals surface area contributed by atoms with Crippen molar-refractivity contribution in [2.45, 2.75) is 25.4 Å². The number of hydrogen-bond donors (Lipinski definition) is 3. The molecule has 1 aliphatic rings. The predicted octanol–water partition coefficient (Wildman–Crippen LogP) is 1.09. The summed E-state index contributed by atoms with van der Waals surface area (Å²) in [5, 5.41) is 15.8. The Morgan fingerprint density at radius 1 is 1.13 bits per heavy atom. The number of piperidine rings is 1. The quantitative estimate of drug-likeness (QED) is 0.555. The van der Waals surface area contributed by atoms with E-state index >= 15 is 0 Å². The van der Waals surface area contributed by atoms with Gasteiger partial charge in [-0.3, -0.25) is 19.7 Å². The molecule has 2 heterocycles. The highest BCUT2D eigenvalue weighted by molar-refractivity contribution is 5.99. The van der Waals surface area contributed by atoms with Gasteiger partial charge in [-0.2, -0.15) is 4.68 Å². The molecule has 1 aromatic heterocycles. The second kappa shape index (κ2) is 8.11. The maximum absolute atomic E-state index is 12.9. The molecule has 0 radical (unpaired) electrons. The minimum atomic E-state index is -0.884. The van der Waals surface area contributed by atoms with Gasteiger partial charge < -0.3 is 10.6 Å². The van der Waals surface area contributed by atoms with E-state index in [1.165, 1.54) is 0 Å². The van der Waals surface area contributed by atoms with Crippen LogP contribution in [0.15, 0.2) is 53.3 Å². The second-order valence-electron chi connectivity index (χ2n) is 6.83. The highest BCUT2D eigenvalue weighted by atomic mass is 16.2. The van der Waals surface area contributed by atoms with Crippen molar-refractivity contribution in [1.82, 2.24) is 25.6 Å². The minimum absolute atomic E-state index is 0.128. The highest BCUT2D eigenvalue weighted by Gasteiger charge is 2.30. The van der Waals surface area contributed by atoms with Crippen molar-refractivity contribution in [2.24, 2.45) is 0 Å². The molecule has 1 saturated heterocycles. The summed E-state index contributed by atoms with van der Waals surface area (Å²) in [7, 11) is 0. The summed E-state index contributed by atoms with van der Waals surface area (Å²) in [6.07, 6.45) is 0.314. The largest absolute Gasteiger partial charge is 0.334 e. The molecule has 10 heteroatoms. The van der Waals surface area contributed by atoms with E-state index in [1.807, 2.05) is 18.2 Å². The van der Waals surface area contributed by atoms with E-state index in [0.29, 0.717) is 16.8 Å². The molecule has 3 N–H and O–H groups in total. The van der Waals surface area contributed by atoms with Crippen LogP contribution >= 0.6 is 0 Å². The van der Waals surface area contributed by atoms with Gasteiger partial charge in [0.05, 0.1) is 5.39 Å². The molecule has 1 atom stereocenters. The number of amides is 4. The number of para-hydroxylation sites is 1. The van der Waals surface area contributed by atoms with Crippen molar-refractivity contribution in [1.29, 1.82) is 0 Å². The monoisotopic (exact) mass is 406 g/mol. The molecule has 1 aliphatic heterocycles. The number of imide groups is 1. The Hall–Kier alpha value is -4.08. The zero-order valence-electron chi connectivity index (χ0n) is 15.8. The molecule has 4 rings (SSSR count). The number of rotatable bonds is 4. The van der Waals surface area contributed by atoms with Gasteiger partial charge in [0.25, 0.3) is 11.5 Å². The predicted molar refractivity (Wildman–Crippen MR) is 108 cm³/mol. The van der Waals surface area contributed by atoms with Crippen molar-refractivity contribution >= 4 is 34.4 Å². The van der Waals surface area contributed by atoms with Crippen LogP contribution in [-0.4, -0.2) is 32.8 Å². The van der Waals surface area contributed by atoms with Crippen LogP contribution in [0.4, 0.5) is 10.5 Å². The molecule has 2 aromatic carbocycles. The number of nitrogens with one attached hydrogen (secondary N) is 3. The van der Waals surface area contributed by atoms with Gasteiger partial charge in [-0.15, -0.1) is 5.10 Å². The third kappa shape index (κ3) is 4.02. The zero-order chi connectivity index (χ0) is 21.1. The fourth-order valence-electron chi connectivity index (χ4n) is 3.21. The van der Waals surface area contributed by atoms with Gasteiger partial charge in [0.15, 0.2) is 0 Å². The number of benzene rings is 2. The van der Waals surface area contributed by atoms with Gasteiger partial charge in [0.2, 0.25) is 5.91 Å². The summed E-state index contributed by atoms with van der Waals surface area (Å²) in [5.41, 5.74) is 1.24. The summed E-state index contributed by atoms with van der Waals surface area (Å²) in [6.45, 7) is 0.189. The zero-order valence-corrected chi connectivity index (χ0v) is 15.8. The lowest BCUT2D eigenvalue weighted by Crippen LogP contribution is -2.45. The van der Waals surface area contributed by atoms with Crippen molar-refractivity contribution in [3.63, 3.8) is 0 Å². The smallest absolute Gasteiger partial charge is 0.319 e. The molecule has 152 valence electrons. The Balaban J connectivity index is 1.52. The molecular weight excluding hydrogens is 388 g/mol. The highest BCUT2D eigenvalue weighted by Crippen LogP contribution is 2.17. The fourth-order valence-corrected chi connectivity index (χ4v) is 3.21. The SMILES string of the molecule is O=C1CCC(n2nnc3ccc(CNC(=O)Nc4ccccc4)cc3c2=O)C(=O)N1. The fraction of sp³-hybridized carbons (Fsp3) is 0.200. The average Bonchev–Trinajstić information content (AvgIpc) is 2.74. The van der Waals surface area contributed by atoms with Crippen LogP contribution in [-0.2, 0) is 16.1 Å². The Morgan fingerprint density at radius 2 is 1.93 bits per heavy atom. The van der Waals surface area contributed by atoms with Crippen LogP contribution in [0.2, 0.25) is 0 Å². The Morgan fingerprint density at radius 3 is 2.70 bits per heavy atom. The number of fused-ring (bicyclic) bond motifs is 1. The molecule has 0 bridgehead atoms. The Bertz CT molecular complexity index is 1190. The van der Waals surface area contributed by atoms with Gasteiger partial charge in [-0.1, -0.05) is 29.5 Å². The van der Waals surface area contributed by atoms with Crippen molar-refractivity contribution < 1.29 is 14.4 Å². The first-order valence-electron chi connectivity index (χ1n) is 9.33. The summed E-state index contributed by atoms with van der Waals surface area (Å²) in [6, 6.07) is 12.7. The van der Waals surface area contributed by atoms with E-state index in [1.54, 1.807) is 30.3 Å². The summed E-state index contributed by atoms with van der Waals surface area (Å²) < 4.78 is 1.00. The maximum Gasteiger partial charge on any atom is 0.319 e. The maximum atomic E-state index is 12.9. The van der Waals surface area contributed by atoms with Crippen molar-refractivity contribution in [3.8, 4) is 0 Å². The lowest BCUT2D eigenvalue weighted by Gasteiger charge is -2.21. The van der Waals surface area contributed by atoms with Crippen molar-refractivity contribution in [3.05, 3.63) is 64.4 Å². The molecule has 0 aliphatic carbocycles. The standard InChI is InChI=1S/C20H18N6O4/c27-17-9-8-16(18(28)23-17)26-19(29)14-10-12(6-7-15(14)24-25-26)11-21-20(30)22-13-4-2-1-3-5-13/h1-7,10,16H,8-9,11H2,(H2,21,22,30)(H,23,27,28). The first kappa shape index (κ1) is 19.2. The van der Waals surface area contributed by atoms with Crippen LogP contribution in [0, 0.1) is 0 Å². The molecular formula is C20H18N6O4. The topological polar surface area (TPSA) is 135 Å². The third-order valence-corrected chi connectivity index (χ3v) is 4.74. The van der Waals surface area contributed by atoms with Gasteiger partial charge in [0, 0.05) is 18.7 Å². The van der Waals surface area contributed by atoms with Crippen LogP contribution in [0.1, 0.15) is 24.4 Å². The number of carbonyl (C=O) groups is 3.